The molecule has 1 aliphatic rings. The van der Waals surface area contributed by atoms with Gasteiger partial charge in [0.05, 0.1) is 6.10 Å². The molecule has 25 heavy (non-hydrogen) atoms. The Kier molecular flexibility index (Phi) is 7.01. The zero-order valence-corrected chi connectivity index (χ0v) is 16.3. The van der Waals surface area contributed by atoms with Gasteiger partial charge in [-0.1, -0.05) is 43.3 Å². The molecule has 3 rings (SSSR count). The number of hydrogen-bond acceptors (Lipinski definition) is 6. The predicted molar refractivity (Wildman–Crippen MR) is 102 cm³/mol. The number of nitrogens with two attached hydrogens (primary N) is 2. The van der Waals surface area contributed by atoms with Crippen molar-refractivity contribution >= 4 is 24.8 Å². The van der Waals surface area contributed by atoms with Crippen molar-refractivity contribution in [3.8, 4) is 11.4 Å². The van der Waals surface area contributed by atoms with Crippen LogP contribution in [0.1, 0.15) is 38.6 Å². The molecule has 2 atom stereocenters. The van der Waals surface area contributed by atoms with Crippen LogP contribution < -0.4 is 11.5 Å². The second-order valence-electron chi connectivity index (χ2n) is 6.67. The third-order valence-corrected chi connectivity index (χ3v) is 5.09. The van der Waals surface area contributed by atoms with Crippen LogP contribution in [0.25, 0.3) is 11.4 Å². The quantitative estimate of drug-likeness (QED) is 0.815. The SMILES string of the molecule is CCOC1CC(N)(c2nc(-c3ccc(CN)cc3)no2)C1(C)C.Cl.Cl. The van der Waals surface area contributed by atoms with E-state index >= 15 is 0 Å². The van der Waals surface area contributed by atoms with Crippen molar-refractivity contribution in [1.82, 2.24) is 10.1 Å². The van der Waals surface area contributed by atoms with Crippen molar-refractivity contribution in [2.75, 3.05) is 6.61 Å². The van der Waals surface area contributed by atoms with Crippen LogP contribution in [0.3, 0.4) is 0 Å². The third kappa shape index (κ3) is 3.55. The molecule has 2 aromatic rings. The molecule has 1 aliphatic carbocycles. The van der Waals surface area contributed by atoms with Crippen molar-refractivity contribution in [2.45, 2.75) is 45.4 Å². The maximum atomic E-state index is 6.57. The summed E-state index contributed by atoms with van der Waals surface area (Å²) in [6, 6.07) is 7.80. The minimum Gasteiger partial charge on any atom is -0.378 e. The van der Waals surface area contributed by atoms with Crippen LogP contribution >= 0.6 is 24.8 Å². The Balaban J connectivity index is 0.00000156. The number of halogens is 2. The fourth-order valence-corrected chi connectivity index (χ4v) is 3.11. The minimum absolute atomic E-state index is 0. The summed E-state index contributed by atoms with van der Waals surface area (Å²) in [7, 11) is 0. The Hall–Kier alpha value is -1.18. The van der Waals surface area contributed by atoms with E-state index < -0.39 is 5.54 Å². The summed E-state index contributed by atoms with van der Waals surface area (Å²) in [4.78, 5) is 4.53. The first-order chi connectivity index (χ1) is 10.9. The highest BCUT2D eigenvalue weighted by atomic mass is 35.5. The van der Waals surface area contributed by atoms with Crippen LogP contribution in [-0.2, 0) is 16.8 Å². The molecule has 0 spiro atoms. The Morgan fingerprint density at radius 2 is 1.88 bits per heavy atom. The van der Waals surface area contributed by atoms with E-state index in [0.717, 1.165) is 11.1 Å². The summed E-state index contributed by atoms with van der Waals surface area (Å²) in [5.74, 6) is 1.01. The number of rotatable bonds is 5. The standard InChI is InChI=1S/C17H24N4O2.2ClH/c1-4-22-13-9-17(19,16(13,2)3)15-20-14(21-23-15)12-7-5-11(10-18)6-8-12;;/h5-8,13H,4,9-10,18-19H2,1-3H3;2*1H. The first-order valence-electron chi connectivity index (χ1n) is 7.96. The lowest BCUT2D eigenvalue weighted by Gasteiger charge is -2.56. The Labute approximate surface area is 160 Å². The van der Waals surface area contributed by atoms with E-state index in [0.29, 0.717) is 31.3 Å². The number of hydrogen-bond donors (Lipinski definition) is 2. The molecule has 1 fully saturated rings. The summed E-state index contributed by atoms with van der Waals surface area (Å²) >= 11 is 0. The van der Waals surface area contributed by atoms with Gasteiger partial charge in [0.15, 0.2) is 0 Å². The zero-order chi connectivity index (χ0) is 16.7. The van der Waals surface area contributed by atoms with Gasteiger partial charge in [-0.25, -0.2) is 0 Å². The number of nitrogens with zero attached hydrogens (tertiary/aromatic N) is 2. The van der Waals surface area contributed by atoms with Gasteiger partial charge >= 0.3 is 0 Å². The van der Waals surface area contributed by atoms with Crippen molar-refractivity contribution < 1.29 is 9.26 Å². The summed E-state index contributed by atoms with van der Waals surface area (Å²) in [6.07, 6.45) is 0.790. The van der Waals surface area contributed by atoms with Gasteiger partial charge in [0.2, 0.25) is 11.7 Å². The van der Waals surface area contributed by atoms with Crippen LogP contribution in [0.4, 0.5) is 0 Å². The summed E-state index contributed by atoms with van der Waals surface area (Å²) in [5, 5.41) is 4.09. The van der Waals surface area contributed by atoms with E-state index in [9.17, 15) is 0 Å². The molecule has 8 heteroatoms. The summed E-state index contributed by atoms with van der Waals surface area (Å²) in [5.41, 5.74) is 13.2. The molecule has 0 aliphatic heterocycles. The van der Waals surface area contributed by atoms with Gasteiger partial charge in [-0.3, -0.25) is 0 Å². The van der Waals surface area contributed by atoms with E-state index in [1.54, 1.807) is 0 Å². The average Bonchev–Trinajstić information content (AvgIpc) is 3.05. The second kappa shape index (κ2) is 8.01. The largest absolute Gasteiger partial charge is 0.378 e. The minimum atomic E-state index is -0.657. The van der Waals surface area contributed by atoms with Crippen molar-refractivity contribution in [2.24, 2.45) is 16.9 Å². The van der Waals surface area contributed by atoms with Crippen LogP contribution in [0, 0.1) is 5.41 Å². The van der Waals surface area contributed by atoms with E-state index in [4.69, 9.17) is 20.7 Å². The van der Waals surface area contributed by atoms with Crippen molar-refractivity contribution in [3.05, 3.63) is 35.7 Å². The average molecular weight is 389 g/mol. The maximum Gasteiger partial charge on any atom is 0.247 e. The van der Waals surface area contributed by atoms with Gasteiger partial charge in [-0.2, -0.15) is 4.98 Å². The highest BCUT2D eigenvalue weighted by molar-refractivity contribution is 5.85. The molecule has 0 amide bonds. The first-order valence-corrected chi connectivity index (χ1v) is 7.96. The van der Waals surface area contributed by atoms with Crippen LogP contribution in [0.15, 0.2) is 28.8 Å². The number of aromatic nitrogens is 2. The fraction of sp³-hybridized carbons (Fsp3) is 0.529. The number of ether oxygens (including phenoxy) is 1. The molecule has 2 unspecified atom stereocenters. The van der Waals surface area contributed by atoms with Gasteiger partial charge < -0.3 is 20.7 Å². The molecule has 0 radical (unpaired) electrons. The monoisotopic (exact) mass is 388 g/mol. The lowest BCUT2D eigenvalue weighted by atomic mass is 9.54. The fourth-order valence-electron chi connectivity index (χ4n) is 3.11. The molecular formula is C17H26Cl2N4O2. The molecule has 140 valence electrons. The number of benzene rings is 1. The zero-order valence-electron chi connectivity index (χ0n) is 14.7. The Morgan fingerprint density at radius 1 is 1.24 bits per heavy atom. The molecule has 6 nitrogen and oxygen atoms in total. The Bertz CT molecular complexity index is 690. The lowest BCUT2D eigenvalue weighted by Crippen LogP contribution is -2.67. The molecule has 1 aromatic heterocycles. The second-order valence-corrected chi connectivity index (χ2v) is 6.67. The van der Waals surface area contributed by atoms with Gasteiger partial charge in [0, 0.05) is 30.6 Å². The van der Waals surface area contributed by atoms with Gasteiger partial charge in [0.1, 0.15) is 5.54 Å². The molecule has 1 aromatic carbocycles. The van der Waals surface area contributed by atoms with Gasteiger partial charge in [-0.05, 0) is 12.5 Å². The smallest absolute Gasteiger partial charge is 0.247 e. The summed E-state index contributed by atoms with van der Waals surface area (Å²) < 4.78 is 11.2. The van der Waals surface area contributed by atoms with Gasteiger partial charge in [-0.15, -0.1) is 24.8 Å². The Morgan fingerprint density at radius 3 is 2.40 bits per heavy atom. The van der Waals surface area contributed by atoms with E-state index in [1.165, 1.54) is 0 Å². The summed E-state index contributed by atoms with van der Waals surface area (Å²) in [6.45, 7) is 7.33. The topological polar surface area (TPSA) is 100 Å². The van der Waals surface area contributed by atoms with Gasteiger partial charge in [0.25, 0.3) is 0 Å². The molecular weight excluding hydrogens is 363 g/mol. The highest BCUT2D eigenvalue weighted by Gasteiger charge is 2.62. The van der Waals surface area contributed by atoms with E-state index in [-0.39, 0.29) is 36.3 Å². The van der Waals surface area contributed by atoms with Crippen molar-refractivity contribution in [1.29, 1.82) is 0 Å². The highest BCUT2D eigenvalue weighted by Crippen LogP contribution is 2.55. The maximum absolute atomic E-state index is 6.57. The van der Waals surface area contributed by atoms with E-state index in [1.807, 2.05) is 31.2 Å². The van der Waals surface area contributed by atoms with Crippen LogP contribution in [0.5, 0.6) is 0 Å². The normalized spacial score (nSPS) is 24.0. The van der Waals surface area contributed by atoms with Crippen LogP contribution in [-0.4, -0.2) is 22.9 Å². The molecule has 0 bridgehead atoms. The molecule has 1 saturated carbocycles. The van der Waals surface area contributed by atoms with Crippen molar-refractivity contribution in [3.63, 3.8) is 0 Å². The molecule has 1 heterocycles. The van der Waals surface area contributed by atoms with Crippen LogP contribution in [0.2, 0.25) is 0 Å². The lowest BCUT2D eigenvalue weighted by molar-refractivity contribution is -0.162. The first kappa shape index (κ1) is 21.9. The van der Waals surface area contributed by atoms with E-state index in [2.05, 4.69) is 24.0 Å². The third-order valence-electron chi connectivity index (χ3n) is 5.09. The molecule has 0 saturated heterocycles. The predicted octanol–water partition coefficient (Wildman–Crippen LogP) is 3.03. The molecule has 4 N–H and O–H groups in total.